The molecule has 0 spiro atoms. The van der Waals surface area contributed by atoms with Crippen molar-refractivity contribution in [2.75, 3.05) is 23.4 Å². The molecule has 0 atom stereocenters. The number of hydrogen-bond donors (Lipinski definition) is 1. The van der Waals surface area contributed by atoms with Crippen LogP contribution in [0, 0.1) is 0 Å². The van der Waals surface area contributed by atoms with E-state index in [0.29, 0.717) is 30.0 Å². The zero-order valence-corrected chi connectivity index (χ0v) is 19.4. The Hall–Kier alpha value is -3.60. The van der Waals surface area contributed by atoms with Gasteiger partial charge in [0.1, 0.15) is 5.75 Å². The third kappa shape index (κ3) is 6.69. The lowest BCUT2D eigenvalue weighted by molar-refractivity contribution is 0.0989. The smallest absolute Gasteiger partial charge is 0.260 e. The number of anilines is 2. The van der Waals surface area contributed by atoms with Crippen molar-refractivity contribution in [3.8, 4) is 5.75 Å². The summed E-state index contributed by atoms with van der Waals surface area (Å²) in [5, 5.41) is 2.90. The van der Waals surface area contributed by atoms with Gasteiger partial charge in [-0.05, 0) is 61.9 Å². The molecule has 0 saturated heterocycles. The fourth-order valence-corrected chi connectivity index (χ4v) is 3.59. The Morgan fingerprint density at radius 1 is 0.818 bits per heavy atom. The van der Waals surface area contributed by atoms with Crippen LogP contribution in [0.1, 0.15) is 60.2 Å². The molecule has 2 amide bonds. The van der Waals surface area contributed by atoms with Gasteiger partial charge in [0.25, 0.3) is 11.8 Å². The minimum Gasteiger partial charge on any atom is -0.494 e. The van der Waals surface area contributed by atoms with Crippen molar-refractivity contribution < 1.29 is 14.3 Å². The van der Waals surface area contributed by atoms with Gasteiger partial charge in [0.05, 0.1) is 17.9 Å². The molecule has 3 aromatic rings. The minimum absolute atomic E-state index is 0.161. The molecule has 0 fully saturated rings. The van der Waals surface area contributed by atoms with Crippen LogP contribution in [0.2, 0.25) is 0 Å². The molecule has 0 saturated carbocycles. The summed E-state index contributed by atoms with van der Waals surface area (Å²) < 4.78 is 5.76. The standard InChI is InChI=1S/C28H32N2O3/c1-3-5-6-12-21-33-24-19-17-22(18-20-24)27(31)29-26-16-11-10-15-25(26)28(32)30(4-2)23-13-8-7-9-14-23/h7-11,13-20H,3-6,12,21H2,1-2H3,(H,29,31). The Bertz CT molecular complexity index is 1030. The van der Waals surface area contributed by atoms with Crippen molar-refractivity contribution in [3.63, 3.8) is 0 Å². The molecular formula is C28H32N2O3. The van der Waals surface area contributed by atoms with E-state index in [4.69, 9.17) is 4.74 Å². The molecule has 1 N–H and O–H groups in total. The first-order chi connectivity index (χ1) is 16.1. The normalized spacial score (nSPS) is 10.5. The number of unbranched alkanes of at least 4 members (excludes halogenated alkanes) is 3. The molecule has 0 aromatic heterocycles. The molecule has 0 aliphatic heterocycles. The molecular weight excluding hydrogens is 412 g/mol. The van der Waals surface area contributed by atoms with Crippen LogP contribution < -0.4 is 15.0 Å². The van der Waals surface area contributed by atoms with Crippen molar-refractivity contribution in [1.82, 2.24) is 0 Å². The highest BCUT2D eigenvalue weighted by Gasteiger charge is 2.20. The predicted molar refractivity (Wildman–Crippen MR) is 134 cm³/mol. The van der Waals surface area contributed by atoms with Gasteiger partial charge in [0, 0.05) is 17.8 Å². The fraction of sp³-hybridized carbons (Fsp3) is 0.286. The third-order valence-corrected chi connectivity index (χ3v) is 5.42. The summed E-state index contributed by atoms with van der Waals surface area (Å²) in [6.07, 6.45) is 4.60. The summed E-state index contributed by atoms with van der Waals surface area (Å²) in [5.74, 6) is 0.319. The van der Waals surface area contributed by atoms with E-state index in [-0.39, 0.29) is 11.8 Å². The second kappa shape index (κ2) is 12.4. The maximum atomic E-state index is 13.3. The van der Waals surface area contributed by atoms with Crippen LogP contribution in [0.4, 0.5) is 11.4 Å². The third-order valence-electron chi connectivity index (χ3n) is 5.42. The number of nitrogens with zero attached hydrogens (tertiary/aromatic N) is 1. The molecule has 3 aromatic carbocycles. The zero-order chi connectivity index (χ0) is 23.5. The highest BCUT2D eigenvalue weighted by Crippen LogP contribution is 2.23. The monoisotopic (exact) mass is 444 g/mol. The fourth-order valence-electron chi connectivity index (χ4n) is 3.59. The quantitative estimate of drug-likeness (QED) is 0.341. The number of amides is 2. The average molecular weight is 445 g/mol. The highest BCUT2D eigenvalue weighted by atomic mass is 16.5. The second-order valence-electron chi connectivity index (χ2n) is 7.82. The molecule has 0 bridgehead atoms. The zero-order valence-electron chi connectivity index (χ0n) is 19.4. The first kappa shape index (κ1) is 24.1. The van der Waals surface area contributed by atoms with Crippen LogP contribution in [-0.2, 0) is 0 Å². The molecule has 0 aliphatic rings. The van der Waals surface area contributed by atoms with Gasteiger partial charge in [-0.1, -0.05) is 56.5 Å². The molecule has 5 nitrogen and oxygen atoms in total. The SMILES string of the molecule is CCCCCCOc1ccc(C(=O)Nc2ccccc2C(=O)N(CC)c2ccccc2)cc1. The first-order valence-corrected chi connectivity index (χ1v) is 11.6. The van der Waals surface area contributed by atoms with E-state index >= 15 is 0 Å². The summed E-state index contributed by atoms with van der Waals surface area (Å²) in [6.45, 7) is 5.31. The first-order valence-electron chi connectivity index (χ1n) is 11.6. The summed E-state index contributed by atoms with van der Waals surface area (Å²) in [6, 6.07) is 23.7. The van der Waals surface area contributed by atoms with Crippen LogP contribution in [0.5, 0.6) is 5.75 Å². The van der Waals surface area contributed by atoms with Crippen molar-refractivity contribution in [3.05, 3.63) is 90.0 Å². The lowest BCUT2D eigenvalue weighted by Gasteiger charge is -2.22. The summed E-state index contributed by atoms with van der Waals surface area (Å²) >= 11 is 0. The lowest BCUT2D eigenvalue weighted by Crippen LogP contribution is -2.31. The van der Waals surface area contributed by atoms with E-state index in [1.807, 2.05) is 37.3 Å². The summed E-state index contributed by atoms with van der Waals surface area (Å²) in [4.78, 5) is 27.8. The van der Waals surface area contributed by atoms with E-state index in [2.05, 4.69) is 12.2 Å². The maximum Gasteiger partial charge on any atom is 0.260 e. The second-order valence-corrected chi connectivity index (χ2v) is 7.82. The van der Waals surface area contributed by atoms with E-state index in [9.17, 15) is 9.59 Å². The predicted octanol–water partition coefficient (Wildman–Crippen LogP) is 6.56. The van der Waals surface area contributed by atoms with Gasteiger partial charge in [0.15, 0.2) is 0 Å². The molecule has 0 aliphatic carbocycles. The number of para-hydroxylation sites is 2. The van der Waals surface area contributed by atoms with Crippen LogP contribution in [0.25, 0.3) is 0 Å². The Kier molecular flexibility index (Phi) is 9.07. The number of nitrogens with one attached hydrogen (secondary N) is 1. The van der Waals surface area contributed by atoms with Gasteiger partial charge in [-0.25, -0.2) is 0 Å². The van der Waals surface area contributed by atoms with Crippen molar-refractivity contribution >= 4 is 23.2 Å². The largest absolute Gasteiger partial charge is 0.494 e. The number of hydrogen-bond acceptors (Lipinski definition) is 3. The van der Waals surface area contributed by atoms with Gasteiger partial charge >= 0.3 is 0 Å². The van der Waals surface area contributed by atoms with Crippen LogP contribution in [0.3, 0.4) is 0 Å². The van der Waals surface area contributed by atoms with Crippen molar-refractivity contribution in [2.45, 2.75) is 39.5 Å². The van der Waals surface area contributed by atoms with Crippen LogP contribution >= 0.6 is 0 Å². The molecule has 33 heavy (non-hydrogen) atoms. The Labute approximate surface area is 196 Å². The Morgan fingerprint density at radius 2 is 1.52 bits per heavy atom. The van der Waals surface area contributed by atoms with E-state index < -0.39 is 0 Å². The van der Waals surface area contributed by atoms with Gasteiger partial charge in [-0.15, -0.1) is 0 Å². The van der Waals surface area contributed by atoms with Gasteiger partial charge in [-0.2, -0.15) is 0 Å². The molecule has 3 rings (SSSR count). The van der Waals surface area contributed by atoms with E-state index in [0.717, 1.165) is 24.3 Å². The van der Waals surface area contributed by atoms with E-state index in [1.165, 1.54) is 12.8 Å². The molecule has 0 radical (unpaired) electrons. The van der Waals surface area contributed by atoms with Gasteiger partial charge in [0.2, 0.25) is 0 Å². The lowest BCUT2D eigenvalue weighted by atomic mass is 10.1. The number of benzene rings is 3. The number of carbonyl (C=O) groups excluding carboxylic acids is 2. The molecule has 0 unspecified atom stereocenters. The van der Waals surface area contributed by atoms with Gasteiger partial charge in [-0.3, -0.25) is 9.59 Å². The molecule has 0 heterocycles. The van der Waals surface area contributed by atoms with Crippen molar-refractivity contribution in [1.29, 1.82) is 0 Å². The van der Waals surface area contributed by atoms with Crippen LogP contribution in [0.15, 0.2) is 78.9 Å². The number of ether oxygens (including phenoxy) is 1. The summed E-state index contributed by atoms with van der Waals surface area (Å²) in [7, 11) is 0. The highest BCUT2D eigenvalue weighted by molar-refractivity contribution is 6.13. The van der Waals surface area contributed by atoms with Gasteiger partial charge < -0.3 is 15.0 Å². The number of carbonyl (C=O) groups is 2. The van der Waals surface area contributed by atoms with Crippen LogP contribution in [-0.4, -0.2) is 25.0 Å². The Balaban J connectivity index is 1.68. The van der Waals surface area contributed by atoms with Crippen molar-refractivity contribution in [2.24, 2.45) is 0 Å². The topological polar surface area (TPSA) is 58.6 Å². The average Bonchev–Trinajstić information content (AvgIpc) is 2.85. The Morgan fingerprint density at radius 3 is 2.21 bits per heavy atom. The maximum absolute atomic E-state index is 13.3. The minimum atomic E-state index is -0.271. The number of rotatable bonds is 11. The molecule has 5 heteroatoms. The summed E-state index contributed by atoms with van der Waals surface area (Å²) in [5.41, 5.74) is 2.25. The van der Waals surface area contributed by atoms with E-state index in [1.54, 1.807) is 53.4 Å². The molecule has 172 valence electrons.